The van der Waals surface area contributed by atoms with E-state index < -0.39 is 5.97 Å². The van der Waals surface area contributed by atoms with E-state index in [1.807, 2.05) is 0 Å². The highest BCUT2D eigenvalue weighted by atomic mass is 32.2. The van der Waals surface area contributed by atoms with E-state index >= 15 is 0 Å². The van der Waals surface area contributed by atoms with Crippen LogP contribution in [-0.2, 0) is 9.53 Å². The lowest BCUT2D eigenvalue weighted by molar-refractivity contribution is -0.142. The van der Waals surface area contributed by atoms with Crippen molar-refractivity contribution in [3.05, 3.63) is 29.8 Å². The van der Waals surface area contributed by atoms with Gasteiger partial charge in [-0.05, 0) is 37.5 Å². The third kappa shape index (κ3) is 5.65. The molecule has 5 heteroatoms. The van der Waals surface area contributed by atoms with E-state index in [-0.39, 0.29) is 16.8 Å². The summed E-state index contributed by atoms with van der Waals surface area (Å²) in [6.07, 6.45) is 0.845. The largest absolute Gasteiger partial charge is 0.478 e. The van der Waals surface area contributed by atoms with Crippen molar-refractivity contribution in [2.45, 2.75) is 37.3 Å². The second-order valence-corrected chi connectivity index (χ2v) is 6.36. The molecule has 0 spiro atoms. The van der Waals surface area contributed by atoms with E-state index in [0.717, 1.165) is 11.3 Å². The van der Waals surface area contributed by atoms with E-state index in [9.17, 15) is 9.59 Å². The zero-order chi connectivity index (χ0) is 15.1. The molecule has 4 nitrogen and oxygen atoms in total. The average molecular weight is 296 g/mol. The number of rotatable bonds is 7. The van der Waals surface area contributed by atoms with Crippen LogP contribution in [0, 0.1) is 5.92 Å². The Labute approximate surface area is 123 Å². The Morgan fingerprint density at radius 2 is 2.00 bits per heavy atom. The third-order valence-corrected chi connectivity index (χ3v) is 3.74. The first-order valence-electron chi connectivity index (χ1n) is 6.56. The van der Waals surface area contributed by atoms with Crippen LogP contribution in [0.25, 0.3) is 0 Å². The van der Waals surface area contributed by atoms with Crippen LogP contribution >= 0.6 is 11.8 Å². The fourth-order valence-corrected chi connectivity index (χ4v) is 2.39. The van der Waals surface area contributed by atoms with Gasteiger partial charge >= 0.3 is 11.9 Å². The SMILES string of the molecule is CC(C)CCOC(=O)C(C)Sc1cccc(C(=O)O)c1. The number of benzene rings is 1. The maximum absolute atomic E-state index is 11.8. The number of carboxylic acids is 1. The Hall–Kier alpha value is -1.49. The number of carbonyl (C=O) groups excluding carboxylic acids is 1. The Kier molecular flexibility index (Phi) is 6.58. The fraction of sp³-hybridized carbons (Fsp3) is 0.467. The van der Waals surface area contributed by atoms with Crippen LogP contribution in [0.5, 0.6) is 0 Å². The first-order chi connectivity index (χ1) is 9.40. The second-order valence-electron chi connectivity index (χ2n) is 4.94. The highest BCUT2D eigenvalue weighted by Gasteiger charge is 2.16. The van der Waals surface area contributed by atoms with Gasteiger partial charge in [0.2, 0.25) is 0 Å². The van der Waals surface area contributed by atoms with E-state index in [1.54, 1.807) is 25.1 Å². The van der Waals surface area contributed by atoms with Gasteiger partial charge < -0.3 is 9.84 Å². The molecule has 0 aliphatic heterocycles. The van der Waals surface area contributed by atoms with Gasteiger partial charge in [0.1, 0.15) is 5.25 Å². The summed E-state index contributed by atoms with van der Waals surface area (Å²) >= 11 is 1.30. The minimum absolute atomic E-state index is 0.218. The molecule has 1 N–H and O–H groups in total. The van der Waals surface area contributed by atoms with Crippen molar-refractivity contribution in [2.75, 3.05) is 6.61 Å². The van der Waals surface area contributed by atoms with Gasteiger partial charge in [0, 0.05) is 4.90 Å². The standard InChI is InChI=1S/C15H20O4S/c1-10(2)7-8-19-15(18)11(3)20-13-6-4-5-12(9-13)14(16)17/h4-6,9-11H,7-8H2,1-3H3,(H,16,17). The Balaban J connectivity index is 2.52. The molecule has 0 saturated carbocycles. The van der Waals surface area contributed by atoms with Gasteiger partial charge in [0.25, 0.3) is 0 Å². The van der Waals surface area contributed by atoms with Gasteiger partial charge in [-0.3, -0.25) is 4.79 Å². The highest BCUT2D eigenvalue weighted by Crippen LogP contribution is 2.25. The van der Waals surface area contributed by atoms with Crippen LogP contribution in [0.15, 0.2) is 29.2 Å². The van der Waals surface area contributed by atoms with Crippen LogP contribution in [0.1, 0.15) is 37.6 Å². The van der Waals surface area contributed by atoms with E-state index in [1.165, 1.54) is 17.8 Å². The number of hydrogen-bond donors (Lipinski definition) is 1. The van der Waals surface area contributed by atoms with Crippen LogP contribution in [0.4, 0.5) is 0 Å². The summed E-state index contributed by atoms with van der Waals surface area (Å²) in [5.41, 5.74) is 0.218. The molecule has 110 valence electrons. The van der Waals surface area contributed by atoms with Gasteiger partial charge in [-0.1, -0.05) is 19.9 Å². The molecule has 0 aromatic heterocycles. The molecule has 1 rings (SSSR count). The van der Waals surface area contributed by atoms with Crippen molar-refractivity contribution in [3.8, 4) is 0 Å². The lowest BCUT2D eigenvalue weighted by Gasteiger charge is -2.12. The van der Waals surface area contributed by atoms with Crippen LogP contribution in [0.2, 0.25) is 0 Å². The number of aromatic carboxylic acids is 1. The molecule has 1 aromatic carbocycles. The fourth-order valence-electron chi connectivity index (χ4n) is 1.47. The first-order valence-corrected chi connectivity index (χ1v) is 7.44. The summed E-state index contributed by atoms with van der Waals surface area (Å²) in [5.74, 6) is -0.742. The Morgan fingerprint density at radius 1 is 1.30 bits per heavy atom. The minimum Gasteiger partial charge on any atom is -0.478 e. The van der Waals surface area contributed by atoms with Crippen molar-refractivity contribution < 1.29 is 19.4 Å². The average Bonchev–Trinajstić information content (AvgIpc) is 2.38. The smallest absolute Gasteiger partial charge is 0.335 e. The molecule has 0 aliphatic carbocycles. The van der Waals surface area contributed by atoms with Crippen molar-refractivity contribution in [3.63, 3.8) is 0 Å². The molecule has 0 bridgehead atoms. The summed E-state index contributed by atoms with van der Waals surface area (Å²) < 4.78 is 5.19. The molecule has 0 aliphatic rings. The Morgan fingerprint density at radius 3 is 2.60 bits per heavy atom. The number of thioether (sulfide) groups is 1. The van der Waals surface area contributed by atoms with E-state index in [0.29, 0.717) is 12.5 Å². The van der Waals surface area contributed by atoms with Gasteiger partial charge in [-0.2, -0.15) is 0 Å². The van der Waals surface area contributed by atoms with E-state index in [2.05, 4.69) is 13.8 Å². The number of esters is 1. The zero-order valence-corrected chi connectivity index (χ0v) is 12.8. The predicted octanol–water partition coefficient (Wildman–Crippen LogP) is 3.45. The maximum atomic E-state index is 11.8. The number of ether oxygens (including phenoxy) is 1. The molecule has 0 saturated heterocycles. The minimum atomic E-state index is -0.973. The van der Waals surface area contributed by atoms with Gasteiger partial charge in [-0.15, -0.1) is 11.8 Å². The van der Waals surface area contributed by atoms with Crippen molar-refractivity contribution in [1.29, 1.82) is 0 Å². The summed E-state index contributed by atoms with van der Waals surface area (Å²) in [4.78, 5) is 23.4. The first kappa shape index (κ1) is 16.6. The second kappa shape index (κ2) is 7.94. The van der Waals surface area contributed by atoms with Crippen molar-refractivity contribution in [1.82, 2.24) is 0 Å². The van der Waals surface area contributed by atoms with Crippen LogP contribution in [-0.4, -0.2) is 28.9 Å². The topological polar surface area (TPSA) is 63.6 Å². The third-order valence-electron chi connectivity index (χ3n) is 2.67. The van der Waals surface area contributed by atoms with Crippen LogP contribution < -0.4 is 0 Å². The highest BCUT2D eigenvalue weighted by molar-refractivity contribution is 8.00. The van der Waals surface area contributed by atoms with Crippen molar-refractivity contribution >= 4 is 23.7 Å². The molecule has 0 fully saturated rings. The lowest BCUT2D eigenvalue weighted by atomic mass is 10.1. The molecule has 0 heterocycles. The normalized spacial score (nSPS) is 12.2. The maximum Gasteiger partial charge on any atom is 0.335 e. The number of hydrogen-bond acceptors (Lipinski definition) is 4. The summed E-state index contributed by atoms with van der Waals surface area (Å²) in [7, 11) is 0. The Bertz CT molecular complexity index is 471. The zero-order valence-electron chi connectivity index (χ0n) is 12.0. The van der Waals surface area contributed by atoms with Gasteiger partial charge in [0.15, 0.2) is 0 Å². The number of carboxylic acid groups (broad SMARTS) is 1. The van der Waals surface area contributed by atoms with Gasteiger partial charge in [0.05, 0.1) is 12.2 Å². The molecular weight excluding hydrogens is 276 g/mol. The van der Waals surface area contributed by atoms with Gasteiger partial charge in [-0.25, -0.2) is 4.79 Å². The molecule has 1 atom stereocenters. The molecular formula is C15H20O4S. The predicted molar refractivity (Wildman–Crippen MR) is 79.1 cm³/mol. The lowest BCUT2D eigenvalue weighted by Crippen LogP contribution is -2.18. The molecule has 1 aromatic rings. The summed E-state index contributed by atoms with van der Waals surface area (Å²) in [5, 5.41) is 8.56. The summed E-state index contributed by atoms with van der Waals surface area (Å²) in [6, 6.07) is 6.54. The number of carbonyl (C=O) groups is 2. The molecule has 0 radical (unpaired) electrons. The molecule has 0 amide bonds. The molecule has 1 unspecified atom stereocenters. The quantitative estimate of drug-likeness (QED) is 0.616. The van der Waals surface area contributed by atoms with Crippen molar-refractivity contribution in [2.24, 2.45) is 5.92 Å². The van der Waals surface area contributed by atoms with E-state index in [4.69, 9.17) is 9.84 Å². The van der Waals surface area contributed by atoms with Crippen LogP contribution in [0.3, 0.4) is 0 Å². The summed E-state index contributed by atoms with van der Waals surface area (Å²) in [6.45, 7) is 6.33. The monoisotopic (exact) mass is 296 g/mol. The molecule has 20 heavy (non-hydrogen) atoms.